The average molecular weight is 542 g/mol. The van der Waals surface area contributed by atoms with Crippen molar-refractivity contribution in [1.82, 2.24) is 4.31 Å². The van der Waals surface area contributed by atoms with Crippen LogP contribution in [0.1, 0.15) is 30.1 Å². The first-order chi connectivity index (χ1) is 17.6. The second-order valence-electron chi connectivity index (χ2n) is 9.22. The SMILES string of the molecule is CC1CCN(S(=O)(=O)c2ccc(C(=O)CNc3ccc(S(=O)(=O)N(C)c4ccccc4)cc3)cc2)CC1. The largest absolute Gasteiger partial charge is 0.378 e. The Labute approximate surface area is 219 Å². The highest BCUT2D eigenvalue weighted by atomic mass is 32.2. The summed E-state index contributed by atoms with van der Waals surface area (Å²) in [6, 6.07) is 21.0. The third-order valence-electron chi connectivity index (χ3n) is 6.64. The molecular formula is C27H31N3O5S2. The van der Waals surface area contributed by atoms with E-state index in [1.807, 2.05) is 6.07 Å². The molecule has 0 saturated carbocycles. The molecule has 196 valence electrons. The van der Waals surface area contributed by atoms with E-state index in [9.17, 15) is 21.6 Å². The Bertz CT molecular complexity index is 1430. The number of benzene rings is 3. The fourth-order valence-electron chi connectivity index (χ4n) is 4.15. The summed E-state index contributed by atoms with van der Waals surface area (Å²) < 4.78 is 54.3. The molecule has 4 rings (SSSR count). The number of hydrogen-bond acceptors (Lipinski definition) is 6. The molecule has 1 heterocycles. The summed E-state index contributed by atoms with van der Waals surface area (Å²) in [7, 11) is -5.79. The van der Waals surface area contributed by atoms with Gasteiger partial charge in [0.25, 0.3) is 10.0 Å². The number of piperidine rings is 1. The topological polar surface area (TPSA) is 104 Å². The lowest BCUT2D eigenvalue weighted by atomic mass is 10.0. The highest BCUT2D eigenvalue weighted by Crippen LogP contribution is 2.25. The summed E-state index contributed by atoms with van der Waals surface area (Å²) >= 11 is 0. The zero-order valence-electron chi connectivity index (χ0n) is 20.9. The molecule has 0 aliphatic carbocycles. The summed E-state index contributed by atoms with van der Waals surface area (Å²) in [4.78, 5) is 13.0. The Morgan fingerprint density at radius 1 is 0.865 bits per heavy atom. The first kappa shape index (κ1) is 26.8. The van der Waals surface area contributed by atoms with Gasteiger partial charge in [-0.2, -0.15) is 4.31 Å². The fourth-order valence-corrected chi connectivity index (χ4v) is 6.82. The Morgan fingerprint density at radius 3 is 2.03 bits per heavy atom. The highest BCUT2D eigenvalue weighted by Gasteiger charge is 2.28. The van der Waals surface area contributed by atoms with Gasteiger partial charge in [0.1, 0.15) is 0 Å². The number of nitrogens with one attached hydrogen (secondary N) is 1. The van der Waals surface area contributed by atoms with E-state index < -0.39 is 20.0 Å². The third kappa shape index (κ3) is 6.03. The molecule has 3 aromatic rings. The first-order valence-corrected chi connectivity index (χ1v) is 15.0. The maximum atomic E-state index is 12.9. The third-order valence-corrected chi connectivity index (χ3v) is 10.4. The molecule has 1 N–H and O–H groups in total. The van der Waals surface area contributed by atoms with Crippen molar-refractivity contribution in [1.29, 1.82) is 0 Å². The summed E-state index contributed by atoms with van der Waals surface area (Å²) in [5.41, 5.74) is 1.54. The van der Waals surface area contributed by atoms with E-state index in [1.165, 1.54) is 52.1 Å². The maximum absolute atomic E-state index is 12.9. The van der Waals surface area contributed by atoms with Crippen molar-refractivity contribution >= 4 is 37.2 Å². The maximum Gasteiger partial charge on any atom is 0.264 e. The Kier molecular flexibility index (Phi) is 8.01. The van der Waals surface area contributed by atoms with Crippen LogP contribution in [0.2, 0.25) is 0 Å². The molecule has 1 aliphatic rings. The molecule has 1 fully saturated rings. The monoisotopic (exact) mass is 541 g/mol. The summed E-state index contributed by atoms with van der Waals surface area (Å²) in [5.74, 6) is 0.312. The number of rotatable bonds is 9. The Morgan fingerprint density at radius 2 is 1.43 bits per heavy atom. The van der Waals surface area contributed by atoms with Crippen molar-refractivity contribution in [3.8, 4) is 0 Å². The van der Waals surface area contributed by atoms with Crippen LogP contribution in [0.15, 0.2) is 88.7 Å². The van der Waals surface area contributed by atoms with Crippen LogP contribution in [-0.2, 0) is 20.0 Å². The van der Waals surface area contributed by atoms with E-state index in [2.05, 4.69) is 12.2 Å². The van der Waals surface area contributed by atoms with Gasteiger partial charge in [-0.05, 0) is 79.4 Å². The van der Waals surface area contributed by atoms with Gasteiger partial charge < -0.3 is 5.32 Å². The van der Waals surface area contributed by atoms with Crippen molar-refractivity contribution in [3.63, 3.8) is 0 Å². The van der Waals surface area contributed by atoms with Gasteiger partial charge in [0.2, 0.25) is 10.0 Å². The molecule has 0 atom stereocenters. The molecule has 8 nitrogen and oxygen atoms in total. The first-order valence-electron chi connectivity index (χ1n) is 12.1. The summed E-state index contributed by atoms with van der Waals surface area (Å²) in [6.07, 6.45) is 1.69. The van der Waals surface area contributed by atoms with Crippen molar-refractivity contribution in [3.05, 3.63) is 84.4 Å². The summed E-state index contributed by atoms with van der Waals surface area (Å²) in [5, 5.41) is 3.00. The quantitative estimate of drug-likeness (QED) is 0.407. The molecule has 0 spiro atoms. The number of carbonyl (C=O) groups excluding carboxylic acids is 1. The molecule has 1 aliphatic heterocycles. The van der Waals surface area contributed by atoms with E-state index >= 15 is 0 Å². The number of sulfonamides is 2. The average Bonchev–Trinajstić information content (AvgIpc) is 2.92. The van der Waals surface area contributed by atoms with Crippen LogP contribution in [0, 0.1) is 5.92 Å². The lowest BCUT2D eigenvalue weighted by Gasteiger charge is -2.29. The van der Waals surface area contributed by atoms with Gasteiger partial charge in [0.05, 0.1) is 22.0 Å². The van der Waals surface area contributed by atoms with Crippen LogP contribution in [0.25, 0.3) is 0 Å². The molecule has 0 bridgehead atoms. The predicted molar refractivity (Wildman–Crippen MR) is 145 cm³/mol. The van der Waals surface area contributed by atoms with E-state index in [0.29, 0.717) is 35.9 Å². The molecular weight excluding hydrogens is 510 g/mol. The van der Waals surface area contributed by atoms with Crippen molar-refractivity contribution in [2.75, 3.05) is 36.3 Å². The van der Waals surface area contributed by atoms with E-state index in [0.717, 1.165) is 12.8 Å². The molecule has 0 aromatic heterocycles. The molecule has 0 amide bonds. The van der Waals surface area contributed by atoms with Crippen LogP contribution >= 0.6 is 0 Å². The molecule has 37 heavy (non-hydrogen) atoms. The van der Waals surface area contributed by atoms with Gasteiger partial charge in [0.15, 0.2) is 5.78 Å². The van der Waals surface area contributed by atoms with Gasteiger partial charge in [-0.3, -0.25) is 9.10 Å². The minimum atomic E-state index is -3.72. The lowest BCUT2D eigenvalue weighted by Crippen LogP contribution is -2.37. The van der Waals surface area contributed by atoms with Gasteiger partial charge >= 0.3 is 0 Å². The van der Waals surface area contributed by atoms with Crippen LogP contribution in [0.4, 0.5) is 11.4 Å². The molecule has 3 aromatic carbocycles. The molecule has 0 unspecified atom stereocenters. The number of ketones is 1. The van der Waals surface area contributed by atoms with Gasteiger partial charge in [0, 0.05) is 31.4 Å². The van der Waals surface area contributed by atoms with E-state index in [-0.39, 0.29) is 22.1 Å². The van der Waals surface area contributed by atoms with Crippen LogP contribution < -0.4 is 9.62 Å². The number of anilines is 2. The van der Waals surface area contributed by atoms with Crippen molar-refractivity contribution < 1.29 is 21.6 Å². The van der Waals surface area contributed by atoms with Crippen molar-refractivity contribution in [2.45, 2.75) is 29.6 Å². The molecule has 1 saturated heterocycles. The van der Waals surface area contributed by atoms with Crippen LogP contribution in [-0.4, -0.2) is 53.6 Å². The van der Waals surface area contributed by atoms with Crippen LogP contribution in [0.5, 0.6) is 0 Å². The zero-order chi connectivity index (χ0) is 26.6. The fraction of sp³-hybridized carbons (Fsp3) is 0.296. The predicted octanol–water partition coefficient (Wildman–Crippen LogP) is 4.23. The highest BCUT2D eigenvalue weighted by molar-refractivity contribution is 7.92. The van der Waals surface area contributed by atoms with E-state index in [4.69, 9.17) is 0 Å². The number of nitrogens with zero attached hydrogens (tertiary/aromatic N) is 2. The Balaban J connectivity index is 1.36. The minimum absolute atomic E-state index is 0.0217. The smallest absolute Gasteiger partial charge is 0.264 e. The van der Waals surface area contributed by atoms with Gasteiger partial charge in [-0.15, -0.1) is 0 Å². The van der Waals surface area contributed by atoms with Crippen LogP contribution in [0.3, 0.4) is 0 Å². The number of para-hydroxylation sites is 1. The normalized spacial score (nSPS) is 15.3. The van der Waals surface area contributed by atoms with Crippen molar-refractivity contribution in [2.24, 2.45) is 5.92 Å². The Hall–Kier alpha value is -3.21. The lowest BCUT2D eigenvalue weighted by molar-refractivity contribution is 0.101. The zero-order valence-corrected chi connectivity index (χ0v) is 22.5. The van der Waals surface area contributed by atoms with Gasteiger partial charge in [-0.25, -0.2) is 16.8 Å². The molecule has 10 heteroatoms. The molecule has 0 radical (unpaired) electrons. The summed E-state index contributed by atoms with van der Waals surface area (Å²) in [6.45, 7) is 3.12. The second kappa shape index (κ2) is 11.0. The number of carbonyl (C=O) groups is 1. The minimum Gasteiger partial charge on any atom is -0.378 e. The standard InChI is InChI=1S/C27H31N3O5S2/c1-21-16-18-30(19-17-21)37(34,35)26-12-8-22(9-13-26)27(31)20-28-23-10-14-25(15-11-23)36(32,33)29(2)24-6-4-3-5-7-24/h3-15,21,28H,16-20H2,1-2H3. The van der Waals surface area contributed by atoms with E-state index in [1.54, 1.807) is 36.4 Å². The van der Waals surface area contributed by atoms with Gasteiger partial charge in [-0.1, -0.05) is 25.1 Å². The number of hydrogen-bond donors (Lipinski definition) is 1. The number of Topliss-reactive ketones (excluding diaryl/α,β-unsaturated/α-hetero) is 1. The second-order valence-corrected chi connectivity index (χ2v) is 13.1.